The third-order valence-corrected chi connectivity index (χ3v) is 2.61. The van der Waals surface area contributed by atoms with Crippen LogP contribution in [0.25, 0.3) is 11.4 Å². The fourth-order valence-electron chi connectivity index (χ4n) is 1.49. The Labute approximate surface area is 110 Å². The summed E-state index contributed by atoms with van der Waals surface area (Å²) in [6.07, 6.45) is 1.25. The predicted molar refractivity (Wildman–Crippen MR) is 68.4 cm³/mol. The van der Waals surface area contributed by atoms with Crippen LogP contribution in [0.15, 0.2) is 35.2 Å². The fourth-order valence-corrected chi connectivity index (χ4v) is 1.49. The van der Waals surface area contributed by atoms with Crippen molar-refractivity contribution >= 4 is 5.91 Å². The van der Waals surface area contributed by atoms with Crippen LogP contribution in [-0.4, -0.2) is 33.3 Å². The van der Waals surface area contributed by atoms with E-state index in [0.717, 1.165) is 5.56 Å². The molecular weight excluding hydrogens is 246 g/mol. The van der Waals surface area contributed by atoms with Gasteiger partial charge in [-0.2, -0.15) is 4.98 Å². The molecule has 0 unspecified atom stereocenters. The third kappa shape index (κ3) is 3.17. The molecule has 0 radical (unpaired) electrons. The Bertz CT molecular complexity index is 547. The number of rotatable bonds is 4. The van der Waals surface area contributed by atoms with Gasteiger partial charge in [0.05, 0.1) is 12.1 Å². The summed E-state index contributed by atoms with van der Waals surface area (Å²) in [5.74, 6) is 0.237. The molecule has 0 saturated carbocycles. The topological polar surface area (TPSA) is 88.2 Å². The zero-order valence-corrected chi connectivity index (χ0v) is 10.8. The van der Waals surface area contributed by atoms with Crippen LogP contribution < -0.4 is 5.32 Å². The average Bonchev–Trinajstić information content (AvgIpc) is 2.92. The molecule has 0 aliphatic heterocycles. The van der Waals surface area contributed by atoms with Crippen molar-refractivity contribution in [1.82, 2.24) is 15.5 Å². The molecule has 0 aliphatic rings. The van der Waals surface area contributed by atoms with Gasteiger partial charge in [0.15, 0.2) is 0 Å². The van der Waals surface area contributed by atoms with E-state index in [0.29, 0.717) is 11.4 Å². The van der Waals surface area contributed by atoms with Gasteiger partial charge in [-0.15, -0.1) is 0 Å². The second-order valence-electron chi connectivity index (χ2n) is 4.83. The van der Waals surface area contributed by atoms with Crippen molar-refractivity contribution in [1.29, 1.82) is 0 Å². The maximum absolute atomic E-state index is 11.9. The first kappa shape index (κ1) is 13.2. The molecular formula is C13H15N3O3. The molecule has 1 amide bonds. The van der Waals surface area contributed by atoms with Crippen molar-refractivity contribution < 1.29 is 14.4 Å². The number of benzene rings is 1. The molecule has 0 fully saturated rings. The standard InChI is InChI=1S/C13H15N3O3/c1-13(2,7-17)15-12(18)10-5-3-9(4-6-10)11-14-8-19-16-11/h3-6,8,17H,7H2,1-2H3,(H,15,18). The summed E-state index contributed by atoms with van der Waals surface area (Å²) < 4.78 is 4.66. The Morgan fingerprint density at radius 3 is 2.58 bits per heavy atom. The van der Waals surface area contributed by atoms with Crippen LogP contribution in [0.3, 0.4) is 0 Å². The monoisotopic (exact) mass is 261 g/mol. The van der Waals surface area contributed by atoms with E-state index in [4.69, 9.17) is 5.11 Å². The molecule has 2 rings (SSSR count). The third-order valence-electron chi connectivity index (χ3n) is 2.61. The zero-order chi connectivity index (χ0) is 13.9. The van der Waals surface area contributed by atoms with Crippen molar-refractivity contribution in [3.63, 3.8) is 0 Å². The number of hydrogen-bond acceptors (Lipinski definition) is 5. The van der Waals surface area contributed by atoms with Crippen molar-refractivity contribution in [3.05, 3.63) is 36.2 Å². The Kier molecular flexibility index (Phi) is 3.62. The largest absolute Gasteiger partial charge is 0.394 e. The van der Waals surface area contributed by atoms with Crippen LogP contribution in [-0.2, 0) is 0 Å². The van der Waals surface area contributed by atoms with Gasteiger partial charge in [-0.05, 0) is 26.0 Å². The number of amides is 1. The molecule has 2 aromatic rings. The quantitative estimate of drug-likeness (QED) is 0.864. The molecule has 1 aromatic heterocycles. The van der Waals surface area contributed by atoms with Crippen LogP contribution in [0, 0.1) is 0 Å². The summed E-state index contributed by atoms with van der Waals surface area (Å²) in [5, 5.41) is 15.6. The normalized spacial score (nSPS) is 11.3. The Hall–Kier alpha value is -2.21. The van der Waals surface area contributed by atoms with Crippen LogP contribution in [0.4, 0.5) is 0 Å². The smallest absolute Gasteiger partial charge is 0.251 e. The van der Waals surface area contributed by atoms with E-state index < -0.39 is 5.54 Å². The van der Waals surface area contributed by atoms with Crippen LogP contribution in [0.5, 0.6) is 0 Å². The van der Waals surface area contributed by atoms with Crippen LogP contribution >= 0.6 is 0 Å². The molecule has 0 atom stereocenters. The van der Waals surface area contributed by atoms with Gasteiger partial charge in [-0.1, -0.05) is 17.3 Å². The highest BCUT2D eigenvalue weighted by atomic mass is 16.5. The van der Waals surface area contributed by atoms with E-state index in [1.165, 1.54) is 6.39 Å². The number of carbonyl (C=O) groups is 1. The van der Waals surface area contributed by atoms with Gasteiger partial charge < -0.3 is 14.9 Å². The number of nitrogens with zero attached hydrogens (tertiary/aromatic N) is 2. The molecule has 19 heavy (non-hydrogen) atoms. The summed E-state index contributed by atoms with van der Waals surface area (Å²) in [7, 11) is 0. The van der Waals surface area contributed by atoms with Gasteiger partial charge in [-0.3, -0.25) is 4.79 Å². The van der Waals surface area contributed by atoms with Gasteiger partial charge in [0.1, 0.15) is 0 Å². The van der Waals surface area contributed by atoms with E-state index in [-0.39, 0.29) is 12.5 Å². The second kappa shape index (κ2) is 5.19. The van der Waals surface area contributed by atoms with E-state index in [9.17, 15) is 4.79 Å². The minimum absolute atomic E-state index is 0.125. The maximum atomic E-state index is 11.9. The lowest BCUT2D eigenvalue weighted by molar-refractivity contribution is 0.0869. The first-order valence-corrected chi connectivity index (χ1v) is 5.82. The number of carbonyl (C=O) groups excluding carboxylic acids is 1. The molecule has 6 heteroatoms. The van der Waals surface area contributed by atoms with Crippen molar-refractivity contribution in [2.45, 2.75) is 19.4 Å². The highest BCUT2D eigenvalue weighted by molar-refractivity contribution is 5.95. The van der Waals surface area contributed by atoms with E-state index >= 15 is 0 Å². The molecule has 1 heterocycles. The zero-order valence-electron chi connectivity index (χ0n) is 10.8. The fraction of sp³-hybridized carbons (Fsp3) is 0.308. The lowest BCUT2D eigenvalue weighted by Crippen LogP contribution is -2.46. The van der Waals surface area contributed by atoms with Crippen LogP contribution in [0.1, 0.15) is 24.2 Å². The van der Waals surface area contributed by atoms with Gasteiger partial charge in [0.2, 0.25) is 12.2 Å². The lowest BCUT2D eigenvalue weighted by Gasteiger charge is -2.23. The summed E-state index contributed by atoms with van der Waals surface area (Å²) in [4.78, 5) is 15.9. The number of aliphatic hydroxyl groups is 1. The molecule has 100 valence electrons. The van der Waals surface area contributed by atoms with Crippen molar-refractivity contribution in [2.75, 3.05) is 6.61 Å². The highest BCUT2D eigenvalue weighted by Gasteiger charge is 2.19. The average molecular weight is 261 g/mol. The number of hydrogen-bond donors (Lipinski definition) is 2. The molecule has 0 bridgehead atoms. The SMILES string of the molecule is CC(C)(CO)NC(=O)c1ccc(-c2ncon2)cc1. The van der Waals surface area contributed by atoms with Gasteiger partial charge >= 0.3 is 0 Å². The Balaban J connectivity index is 2.13. The van der Waals surface area contributed by atoms with Crippen LogP contribution in [0.2, 0.25) is 0 Å². The summed E-state index contributed by atoms with van der Waals surface area (Å²) in [6, 6.07) is 6.83. The first-order valence-electron chi connectivity index (χ1n) is 5.82. The summed E-state index contributed by atoms with van der Waals surface area (Å²) >= 11 is 0. The van der Waals surface area contributed by atoms with Crippen molar-refractivity contribution in [2.24, 2.45) is 0 Å². The number of aliphatic hydroxyl groups excluding tert-OH is 1. The minimum Gasteiger partial charge on any atom is -0.394 e. The Morgan fingerprint density at radius 1 is 1.37 bits per heavy atom. The van der Waals surface area contributed by atoms with E-state index in [2.05, 4.69) is 20.0 Å². The first-order chi connectivity index (χ1) is 9.02. The minimum atomic E-state index is -0.649. The summed E-state index contributed by atoms with van der Waals surface area (Å²) in [5.41, 5.74) is 0.629. The molecule has 1 aromatic carbocycles. The van der Waals surface area contributed by atoms with Gasteiger partial charge in [-0.25, -0.2) is 0 Å². The molecule has 0 saturated heterocycles. The van der Waals surface area contributed by atoms with E-state index in [1.54, 1.807) is 38.1 Å². The second-order valence-corrected chi connectivity index (χ2v) is 4.83. The van der Waals surface area contributed by atoms with Gasteiger partial charge in [0.25, 0.3) is 5.91 Å². The molecule has 0 aliphatic carbocycles. The lowest BCUT2D eigenvalue weighted by atomic mass is 10.1. The number of aromatic nitrogens is 2. The van der Waals surface area contributed by atoms with Crippen molar-refractivity contribution in [3.8, 4) is 11.4 Å². The predicted octanol–water partition coefficient (Wildman–Crippen LogP) is 1.24. The molecule has 6 nitrogen and oxygen atoms in total. The Morgan fingerprint density at radius 2 is 2.05 bits per heavy atom. The molecule has 0 spiro atoms. The highest BCUT2D eigenvalue weighted by Crippen LogP contribution is 2.15. The molecule has 2 N–H and O–H groups in total. The maximum Gasteiger partial charge on any atom is 0.251 e. The van der Waals surface area contributed by atoms with E-state index in [1.807, 2.05) is 0 Å². The summed E-state index contributed by atoms with van der Waals surface area (Å²) in [6.45, 7) is 3.37. The van der Waals surface area contributed by atoms with Gasteiger partial charge in [0, 0.05) is 11.1 Å². The number of nitrogens with one attached hydrogen (secondary N) is 1.